The minimum absolute atomic E-state index is 0.0174. The number of esters is 1. The number of halogens is 1. The van der Waals surface area contributed by atoms with E-state index in [0.29, 0.717) is 29.7 Å². The van der Waals surface area contributed by atoms with Gasteiger partial charge in [-0.05, 0) is 60.3 Å². The van der Waals surface area contributed by atoms with Crippen LogP contribution in [0.1, 0.15) is 42.3 Å². The van der Waals surface area contributed by atoms with E-state index in [-0.39, 0.29) is 24.7 Å². The average molecular weight is 493 g/mol. The van der Waals surface area contributed by atoms with Gasteiger partial charge in [0.15, 0.2) is 0 Å². The van der Waals surface area contributed by atoms with Crippen LogP contribution in [0, 0.1) is 14.7 Å². The van der Waals surface area contributed by atoms with Crippen LogP contribution in [-0.2, 0) is 19.0 Å². The summed E-state index contributed by atoms with van der Waals surface area (Å²) in [5.74, 6) is 0.300. The molecule has 0 radical (unpaired) electrons. The van der Waals surface area contributed by atoms with Crippen LogP contribution in [0.4, 0.5) is 5.69 Å². The molecule has 2 heterocycles. The van der Waals surface area contributed by atoms with E-state index < -0.39 is 5.97 Å². The minimum Gasteiger partial charge on any atom is -0.465 e. The summed E-state index contributed by atoms with van der Waals surface area (Å²) in [4.78, 5) is 27.9. The number of ether oxygens (including phenoxy) is 3. The van der Waals surface area contributed by atoms with Crippen LogP contribution in [0.15, 0.2) is 6.07 Å². The lowest BCUT2D eigenvalue weighted by Crippen LogP contribution is -2.51. The summed E-state index contributed by atoms with van der Waals surface area (Å²) in [6.45, 7) is 3.28. The van der Waals surface area contributed by atoms with Crippen molar-refractivity contribution >= 4 is 51.5 Å². The van der Waals surface area contributed by atoms with Gasteiger partial charge in [-0.3, -0.25) is 4.79 Å². The molecule has 6 nitrogen and oxygen atoms in total. The normalized spacial score (nSPS) is 24.3. The predicted octanol–water partition coefficient (Wildman–Crippen LogP) is 3.67. The summed E-state index contributed by atoms with van der Waals surface area (Å²) in [7, 11) is 1.36. The van der Waals surface area contributed by atoms with Crippen molar-refractivity contribution in [3.63, 3.8) is 0 Å². The molecule has 2 fully saturated rings. The Morgan fingerprint density at radius 1 is 1.23 bits per heavy atom. The topological polar surface area (TPSA) is 65.1 Å². The SMILES string of the molecule is COC(=O)c1sc(I)cc1N(C(=O)C1CCC(C)CC1)C1COCOC1. The first-order valence-electron chi connectivity index (χ1n) is 8.87. The number of hydrogen-bond donors (Lipinski definition) is 0. The molecule has 1 saturated heterocycles. The second kappa shape index (κ2) is 8.99. The van der Waals surface area contributed by atoms with Crippen molar-refractivity contribution < 1.29 is 23.8 Å². The summed E-state index contributed by atoms with van der Waals surface area (Å²) in [6, 6.07) is 1.65. The molecule has 1 saturated carbocycles. The number of nitrogens with zero attached hydrogens (tertiary/aromatic N) is 1. The van der Waals surface area contributed by atoms with Gasteiger partial charge in [-0.2, -0.15) is 0 Å². The molecule has 1 aromatic rings. The van der Waals surface area contributed by atoms with Crippen LogP contribution in [-0.4, -0.2) is 45.0 Å². The fraction of sp³-hybridized carbons (Fsp3) is 0.667. The second-order valence-corrected chi connectivity index (χ2v) is 9.88. The predicted molar refractivity (Wildman–Crippen MR) is 108 cm³/mol. The molecule has 0 aromatic carbocycles. The number of thiophene rings is 1. The zero-order valence-electron chi connectivity index (χ0n) is 15.0. The highest BCUT2D eigenvalue weighted by Gasteiger charge is 2.37. The fourth-order valence-corrected chi connectivity index (χ4v) is 5.34. The lowest BCUT2D eigenvalue weighted by atomic mass is 9.82. The minimum atomic E-state index is -0.416. The van der Waals surface area contributed by atoms with Gasteiger partial charge in [0, 0.05) is 5.92 Å². The highest BCUT2D eigenvalue weighted by molar-refractivity contribution is 14.1. The molecule has 2 aliphatic rings. The van der Waals surface area contributed by atoms with Gasteiger partial charge in [0.2, 0.25) is 5.91 Å². The van der Waals surface area contributed by atoms with E-state index in [4.69, 9.17) is 14.2 Å². The van der Waals surface area contributed by atoms with E-state index in [1.807, 2.05) is 6.07 Å². The van der Waals surface area contributed by atoms with Crippen LogP contribution < -0.4 is 4.90 Å². The molecular formula is C18H24INO5S. The third-order valence-electron chi connectivity index (χ3n) is 5.07. The zero-order chi connectivity index (χ0) is 18.7. The number of carbonyl (C=O) groups is 2. The highest BCUT2D eigenvalue weighted by Crippen LogP contribution is 2.37. The Bertz CT molecular complexity index is 650. The molecule has 0 spiro atoms. The lowest BCUT2D eigenvalue weighted by Gasteiger charge is -2.37. The van der Waals surface area contributed by atoms with Gasteiger partial charge in [0.25, 0.3) is 0 Å². The molecule has 8 heteroatoms. The Labute approximate surface area is 171 Å². The molecule has 0 unspecified atom stereocenters. The summed E-state index contributed by atoms with van der Waals surface area (Å²) in [5, 5.41) is 0. The maximum Gasteiger partial charge on any atom is 0.350 e. The fourth-order valence-electron chi connectivity index (χ4n) is 3.59. The van der Waals surface area contributed by atoms with E-state index in [1.54, 1.807) is 4.90 Å². The smallest absolute Gasteiger partial charge is 0.350 e. The number of anilines is 1. The zero-order valence-corrected chi connectivity index (χ0v) is 18.0. The van der Waals surface area contributed by atoms with Gasteiger partial charge in [0.05, 0.1) is 34.9 Å². The van der Waals surface area contributed by atoms with Gasteiger partial charge >= 0.3 is 5.97 Å². The van der Waals surface area contributed by atoms with Gasteiger partial charge in [-0.25, -0.2) is 4.79 Å². The first kappa shape index (κ1) is 20.0. The van der Waals surface area contributed by atoms with Crippen molar-refractivity contribution in [2.24, 2.45) is 11.8 Å². The Kier molecular flexibility index (Phi) is 6.92. The van der Waals surface area contributed by atoms with Crippen molar-refractivity contribution in [2.75, 3.05) is 32.0 Å². The van der Waals surface area contributed by atoms with Crippen molar-refractivity contribution in [3.8, 4) is 0 Å². The molecule has 1 aliphatic heterocycles. The molecule has 1 aromatic heterocycles. The highest BCUT2D eigenvalue weighted by atomic mass is 127. The maximum atomic E-state index is 13.4. The summed E-state index contributed by atoms with van der Waals surface area (Å²) in [6.07, 6.45) is 3.90. The van der Waals surface area contributed by atoms with E-state index in [0.717, 1.165) is 28.6 Å². The first-order chi connectivity index (χ1) is 12.5. The first-order valence-corrected chi connectivity index (χ1v) is 10.8. The number of rotatable bonds is 4. The van der Waals surface area contributed by atoms with Crippen molar-refractivity contribution in [2.45, 2.75) is 38.6 Å². The summed E-state index contributed by atoms with van der Waals surface area (Å²) >= 11 is 3.51. The molecule has 1 aliphatic carbocycles. The van der Waals surface area contributed by atoms with Gasteiger partial charge in [0.1, 0.15) is 11.7 Å². The van der Waals surface area contributed by atoms with Crippen LogP contribution in [0.5, 0.6) is 0 Å². The van der Waals surface area contributed by atoms with Crippen LogP contribution in [0.3, 0.4) is 0 Å². The lowest BCUT2D eigenvalue weighted by molar-refractivity contribution is -0.131. The van der Waals surface area contributed by atoms with Crippen molar-refractivity contribution in [1.82, 2.24) is 0 Å². The number of amides is 1. The Morgan fingerprint density at radius 3 is 2.50 bits per heavy atom. The molecule has 144 valence electrons. The van der Waals surface area contributed by atoms with E-state index in [2.05, 4.69) is 29.5 Å². The number of methoxy groups -OCH3 is 1. The third kappa shape index (κ3) is 4.40. The standard InChI is InChI=1S/C18H24INO5S/c1-11-3-5-12(6-4-11)17(21)20(13-8-24-10-25-9-13)14-7-15(19)26-16(14)18(22)23-2/h7,11-13H,3-6,8-10H2,1-2H3. The molecule has 3 rings (SSSR count). The molecule has 26 heavy (non-hydrogen) atoms. The van der Waals surface area contributed by atoms with E-state index in [1.165, 1.54) is 18.4 Å². The summed E-state index contributed by atoms with van der Waals surface area (Å²) in [5.41, 5.74) is 0.619. The maximum absolute atomic E-state index is 13.4. The molecule has 0 N–H and O–H groups in total. The van der Waals surface area contributed by atoms with Crippen molar-refractivity contribution in [1.29, 1.82) is 0 Å². The Morgan fingerprint density at radius 2 is 1.88 bits per heavy atom. The largest absolute Gasteiger partial charge is 0.465 e. The van der Waals surface area contributed by atoms with Crippen LogP contribution in [0.25, 0.3) is 0 Å². The van der Waals surface area contributed by atoms with Crippen LogP contribution in [0.2, 0.25) is 0 Å². The van der Waals surface area contributed by atoms with Gasteiger partial charge in [-0.15, -0.1) is 11.3 Å². The molecule has 0 atom stereocenters. The summed E-state index contributed by atoms with van der Waals surface area (Å²) < 4.78 is 16.8. The number of carbonyl (C=O) groups excluding carboxylic acids is 2. The molecule has 0 bridgehead atoms. The second-order valence-electron chi connectivity index (χ2n) is 6.93. The van der Waals surface area contributed by atoms with Gasteiger partial charge < -0.3 is 19.1 Å². The molecule has 1 amide bonds. The van der Waals surface area contributed by atoms with E-state index in [9.17, 15) is 9.59 Å². The third-order valence-corrected chi connectivity index (χ3v) is 6.93. The average Bonchev–Trinajstić information content (AvgIpc) is 3.04. The van der Waals surface area contributed by atoms with Crippen molar-refractivity contribution in [3.05, 3.63) is 13.8 Å². The Balaban J connectivity index is 1.93. The molecular weight excluding hydrogens is 469 g/mol. The van der Waals surface area contributed by atoms with Crippen LogP contribution >= 0.6 is 33.9 Å². The monoisotopic (exact) mass is 493 g/mol. The van der Waals surface area contributed by atoms with E-state index >= 15 is 0 Å². The number of hydrogen-bond acceptors (Lipinski definition) is 6. The quantitative estimate of drug-likeness (QED) is 0.473. The van der Waals surface area contributed by atoms with Gasteiger partial charge in [-0.1, -0.05) is 6.92 Å². The Hall–Kier alpha value is -0.710.